The van der Waals surface area contributed by atoms with Crippen LogP contribution in [0.15, 0.2) is 0 Å². The molecule has 2 heterocycles. The Morgan fingerprint density at radius 1 is 0.773 bits per heavy atom. The SMILES string of the molecule is CC(C)N1CCC(C)(C)CC1.CC1CCN(C(C)C)CC1C. The highest BCUT2D eigenvalue weighted by Gasteiger charge is 2.26. The molecular weight excluding hydrogens is 268 g/mol. The maximum atomic E-state index is 2.59. The van der Waals surface area contributed by atoms with Crippen molar-refractivity contribution in [3.8, 4) is 0 Å². The monoisotopic (exact) mass is 310 g/mol. The van der Waals surface area contributed by atoms with Gasteiger partial charge in [0.25, 0.3) is 0 Å². The van der Waals surface area contributed by atoms with Crippen molar-refractivity contribution in [1.82, 2.24) is 9.80 Å². The Labute approximate surface area is 140 Å². The van der Waals surface area contributed by atoms with E-state index in [-0.39, 0.29) is 0 Å². The van der Waals surface area contributed by atoms with Gasteiger partial charge in [-0.15, -0.1) is 0 Å². The van der Waals surface area contributed by atoms with Gasteiger partial charge in [-0.25, -0.2) is 0 Å². The molecule has 0 aromatic heterocycles. The highest BCUT2D eigenvalue weighted by molar-refractivity contribution is 4.79. The molecule has 2 aliphatic heterocycles. The van der Waals surface area contributed by atoms with Crippen molar-refractivity contribution in [2.75, 3.05) is 26.2 Å². The van der Waals surface area contributed by atoms with Gasteiger partial charge in [-0.05, 0) is 83.8 Å². The lowest BCUT2D eigenvalue weighted by Crippen LogP contribution is -2.42. The lowest BCUT2D eigenvalue weighted by Gasteiger charge is -2.38. The van der Waals surface area contributed by atoms with Crippen LogP contribution in [0.5, 0.6) is 0 Å². The van der Waals surface area contributed by atoms with Crippen molar-refractivity contribution in [3.63, 3.8) is 0 Å². The predicted molar refractivity (Wildman–Crippen MR) is 99.4 cm³/mol. The van der Waals surface area contributed by atoms with Crippen molar-refractivity contribution >= 4 is 0 Å². The molecule has 0 spiro atoms. The normalized spacial score (nSPS) is 30.3. The summed E-state index contributed by atoms with van der Waals surface area (Å²) in [5.41, 5.74) is 0.603. The van der Waals surface area contributed by atoms with Crippen LogP contribution in [0.3, 0.4) is 0 Å². The van der Waals surface area contributed by atoms with E-state index in [9.17, 15) is 0 Å². The molecule has 22 heavy (non-hydrogen) atoms. The number of nitrogens with zero attached hydrogens (tertiary/aromatic N) is 2. The van der Waals surface area contributed by atoms with Gasteiger partial charge in [0.1, 0.15) is 0 Å². The number of piperidine rings is 2. The molecule has 2 nitrogen and oxygen atoms in total. The molecule has 0 amide bonds. The Hall–Kier alpha value is -0.0800. The van der Waals surface area contributed by atoms with E-state index >= 15 is 0 Å². The van der Waals surface area contributed by atoms with Crippen LogP contribution in [0.25, 0.3) is 0 Å². The van der Waals surface area contributed by atoms with Crippen LogP contribution in [0.4, 0.5) is 0 Å². The third-order valence-electron chi connectivity index (χ3n) is 5.98. The summed E-state index contributed by atoms with van der Waals surface area (Å²) in [6.07, 6.45) is 4.12. The fourth-order valence-corrected chi connectivity index (χ4v) is 3.41. The van der Waals surface area contributed by atoms with Gasteiger partial charge in [0.15, 0.2) is 0 Å². The molecular formula is C20H42N2. The fourth-order valence-electron chi connectivity index (χ4n) is 3.41. The van der Waals surface area contributed by atoms with E-state index in [1.165, 1.54) is 45.4 Å². The molecule has 2 saturated heterocycles. The number of hydrogen-bond donors (Lipinski definition) is 0. The second-order valence-electron chi connectivity index (χ2n) is 9.13. The Bertz CT molecular complexity index is 299. The quantitative estimate of drug-likeness (QED) is 0.716. The molecule has 0 aromatic rings. The van der Waals surface area contributed by atoms with E-state index < -0.39 is 0 Å². The molecule has 2 rings (SSSR count). The van der Waals surface area contributed by atoms with Crippen LogP contribution >= 0.6 is 0 Å². The van der Waals surface area contributed by atoms with Gasteiger partial charge in [-0.3, -0.25) is 0 Å². The minimum Gasteiger partial charge on any atom is -0.301 e. The molecule has 0 radical (unpaired) electrons. The molecule has 132 valence electrons. The van der Waals surface area contributed by atoms with Crippen molar-refractivity contribution in [1.29, 1.82) is 0 Å². The zero-order chi connectivity index (χ0) is 16.9. The van der Waals surface area contributed by atoms with E-state index in [0.717, 1.165) is 23.9 Å². The van der Waals surface area contributed by atoms with E-state index in [1.807, 2.05) is 0 Å². The van der Waals surface area contributed by atoms with Crippen molar-refractivity contribution in [2.24, 2.45) is 17.3 Å². The van der Waals surface area contributed by atoms with Gasteiger partial charge in [-0.1, -0.05) is 27.7 Å². The molecule has 2 aliphatic rings. The number of likely N-dealkylation sites (tertiary alicyclic amines) is 2. The standard InChI is InChI=1S/2C10H21N/c1-9(2)11-7-5-10(3,4)6-8-11;1-8(2)11-6-5-9(3)10(4)7-11/h9H,5-8H2,1-4H3;8-10H,5-7H2,1-4H3. The van der Waals surface area contributed by atoms with Gasteiger partial charge in [0.2, 0.25) is 0 Å². The Balaban J connectivity index is 0.000000220. The highest BCUT2D eigenvalue weighted by atomic mass is 15.2. The van der Waals surface area contributed by atoms with Crippen LogP contribution < -0.4 is 0 Å². The third-order valence-corrected chi connectivity index (χ3v) is 5.98. The predicted octanol–water partition coefficient (Wildman–Crippen LogP) is 4.89. The summed E-state index contributed by atoms with van der Waals surface area (Å²) in [7, 11) is 0. The maximum absolute atomic E-state index is 2.59. The first-order chi connectivity index (χ1) is 10.1. The Morgan fingerprint density at radius 2 is 1.27 bits per heavy atom. The molecule has 2 unspecified atom stereocenters. The van der Waals surface area contributed by atoms with Crippen LogP contribution in [-0.4, -0.2) is 48.1 Å². The van der Waals surface area contributed by atoms with Gasteiger partial charge in [-0.2, -0.15) is 0 Å². The second-order valence-corrected chi connectivity index (χ2v) is 9.13. The summed E-state index contributed by atoms with van der Waals surface area (Å²) in [6.45, 7) is 23.9. The summed E-state index contributed by atoms with van der Waals surface area (Å²) in [6, 6.07) is 1.48. The molecule has 0 aromatic carbocycles. The molecule has 0 bridgehead atoms. The summed E-state index contributed by atoms with van der Waals surface area (Å²) >= 11 is 0. The minimum atomic E-state index is 0.603. The Morgan fingerprint density at radius 3 is 1.68 bits per heavy atom. The average Bonchev–Trinajstić information content (AvgIpc) is 2.42. The van der Waals surface area contributed by atoms with E-state index in [4.69, 9.17) is 0 Å². The second kappa shape index (κ2) is 8.68. The van der Waals surface area contributed by atoms with Crippen LogP contribution in [0.1, 0.15) is 74.7 Å². The molecule has 2 atom stereocenters. The number of hydrogen-bond acceptors (Lipinski definition) is 2. The first-order valence-electron chi connectivity index (χ1n) is 9.60. The van der Waals surface area contributed by atoms with Crippen molar-refractivity contribution < 1.29 is 0 Å². The lowest BCUT2D eigenvalue weighted by atomic mass is 9.82. The van der Waals surface area contributed by atoms with Crippen LogP contribution in [0, 0.1) is 17.3 Å². The fraction of sp³-hybridized carbons (Fsp3) is 1.00. The van der Waals surface area contributed by atoms with E-state index in [0.29, 0.717) is 5.41 Å². The molecule has 2 heteroatoms. The Kier molecular flexibility index (Phi) is 7.88. The maximum Gasteiger partial charge on any atom is 0.00387 e. The van der Waals surface area contributed by atoms with E-state index in [2.05, 4.69) is 65.2 Å². The van der Waals surface area contributed by atoms with E-state index in [1.54, 1.807) is 0 Å². The average molecular weight is 311 g/mol. The van der Waals surface area contributed by atoms with Crippen LogP contribution in [0.2, 0.25) is 0 Å². The molecule has 2 fully saturated rings. The van der Waals surface area contributed by atoms with Gasteiger partial charge < -0.3 is 9.80 Å². The summed E-state index contributed by atoms with van der Waals surface area (Å²) in [5.74, 6) is 1.83. The van der Waals surface area contributed by atoms with Gasteiger partial charge >= 0.3 is 0 Å². The zero-order valence-electron chi connectivity index (χ0n) is 16.7. The number of rotatable bonds is 2. The van der Waals surface area contributed by atoms with Gasteiger partial charge in [0.05, 0.1) is 0 Å². The smallest absolute Gasteiger partial charge is 0.00387 e. The summed E-state index contributed by atoms with van der Waals surface area (Å²) < 4.78 is 0. The molecule has 0 N–H and O–H groups in total. The minimum absolute atomic E-state index is 0.603. The highest BCUT2D eigenvalue weighted by Crippen LogP contribution is 2.30. The zero-order valence-corrected chi connectivity index (χ0v) is 16.7. The van der Waals surface area contributed by atoms with Gasteiger partial charge in [0, 0.05) is 18.6 Å². The third kappa shape index (κ3) is 6.58. The topological polar surface area (TPSA) is 6.48 Å². The first-order valence-corrected chi connectivity index (χ1v) is 9.60. The molecule has 0 saturated carbocycles. The molecule has 0 aliphatic carbocycles. The first kappa shape index (κ1) is 20.0. The summed E-state index contributed by atoms with van der Waals surface area (Å²) in [4.78, 5) is 5.16. The summed E-state index contributed by atoms with van der Waals surface area (Å²) in [5, 5.41) is 0. The van der Waals surface area contributed by atoms with Crippen molar-refractivity contribution in [2.45, 2.75) is 86.7 Å². The van der Waals surface area contributed by atoms with Crippen molar-refractivity contribution in [3.05, 3.63) is 0 Å². The largest absolute Gasteiger partial charge is 0.301 e. The van der Waals surface area contributed by atoms with Crippen LogP contribution in [-0.2, 0) is 0 Å². The lowest BCUT2D eigenvalue weighted by molar-refractivity contribution is 0.107.